The second kappa shape index (κ2) is 6.55. The van der Waals surface area contributed by atoms with Crippen molar-refractivity contribution in [3.8, 4) is 0 Å². The first-order valence-corrected chi connectivity index (χ1v) is 9.60. The van der Waals surface area contributed by atoms with E-state index in [1.165, 1.54) is 11.3 Å². The third kappa shape index (κ3) is 2.87. The van der Waals surface area contributed by atoms with E-state index in [0.717, 1.165) is 41.0 Å². The Labute approximate surface area is 159 Å². The average molecular weight is 376 g/mol. The second-order valence-corrected chi connectivity index (χ2v) is 7.42. The van der Waals surface area contributed by atoms with Gasteiger partial charge in [0.1, 0.15) is 5.82 Å². The summed E-state index contributed by atoms with van der Waals surface area (Å²) in [6, 6.07) is 11.7. The van der Waals surface area contributed by atoms with E-state index in [0.29, 0.717) is 17.5 Å². The van der Waals surface area contributed by atoms with Crippen LogP contribution in [0.3, 0.4) is 0 Å². The molecule has 134 valence electrons. The summed E-state index contributed by atoms with van der Waals surface area (Å²) in [5.74, 6) is 1.08. The third-order valence-electron chi connectivity index (χ3n) is 4.62. The van der Waals surface area contributed by atoms with Gasteiger partial charge in [-0.05, 0) is 30.2 Å². The summed E-state index contributed by atoms with van der Waals surface area (Å²) in [5, 5.41) is 9.00. The Bertz CT molecular complexity index is 1090. The fraction of sp³-hybridized carbons (Fsp3) is 0.211. The molecule has 1 aliphatic heterocycles. The highest BCUT2D eigenvalue weighted by Gasteiger charge is 2.29. The predicted octanol–water partition coefficient (Wildman–Crippen LogP) is 3.08. The molecule has 0 saturated carbocycles. The van der Waals surface area contributed by atoms with E-state index in [9.17, 15) is 4.79 Å². The van der Waals surface area contributed by atoms with Gasteiger partial charge >= 0.3 is 0 Å². The number of benzene rings is 1. The average Bonchev–Trinajstić information content (AvgIpc) is 3.41. The molecule has 0 spiro atoms. The maximum Gasteiger partial charge on any atom is 0.298 e. The van der Waals surface area contributed by atoms with Crippen molar-refractivity contribution in [1.82, 2.24) is 24.7 Å². The number of pyridine rings is 1. The number of carbonyl (C=O) groups excluding carboxylic acids is 1. The van der Waals surface area contributed by atoms with Gasteiger partial charge in [-0.15, -0.1) is 10.2 Å². The lowest BCUT2D eigenvalue weighted by molar-refractivity contribution is 0.0970. The molecule has 0 fully saturated rings. The number of amides is 1. The van der Waals surface area contributed by atoms with Crippen molar-refractivity contribution >= 4 is 32.6 Å². The van der Waals surface area contributed by atoms with Gasteiger partial charge in [0.25, 0.3) is 5.91 Å². The highest BCUT2D eigenvalue weighted by atomic mass is 32.1. The van der Waals surface area contributed by atoms with Crippen LogP contribution in [-0.4, -0.2) is 30.6 Å². The molecular formula is C19H16N6OS. The molecule has 5 rings (SSSR count). The second-order valence-electron chi connectivity index (χ2n) is 6.41. The van der Waals surface area contributed by atoms with Crippen molar-refractivity contribution in [2.45, 2.75) is 25.9 Å². The summed E-state index contributed by atoms with van der Waals surface area (Å²) in [6.45, 7) is 1.17. The Kier molecular flexibility index (Phi) is 3.90. The Morgan fingerprint density at radius 1 is 1.19 bits per heavy atom. The Morgan fingerprint density at radius 3 is 2.96 bits per heavy atom. The van der Waals surface area contributed by atoms with E-state index < -0.39 is 0 Å². The van der Waals surface area contributed by atoms with Crippen LogP contribution in [0.15, 0.2) is 48.8 Å². The number of hydrogen-bond acceptors (Lipinski definition) is 6. The molecule has 0 atom stereocenters. The summed E-state index contributed by atoms with van der Waals surface area (Å²) in [5.41, 5.74) is 1.82. The Hall–Kier alpha value is -3.13. The van der Waals surface area contributed by atoms with Crippen LogP contribution < -0.4 is 4.90 Å². The van der Waals surface area contributed by atoms with E-state index in [-0.39, 0.29) is 5.91 Å². The monoisotopic (exact) mass is 376 g/mol. The lowest BCUT2D eigenvalue weighted by Gasteiger charge is -2.19. The van der Waals surface area contributed by atoms with Gasteiger partial charge in [-0.3, -0.25) is 14.7 Å². The number of nitrogens with zero attached hydrogens (tertiary/aromatic N) is 6. The molecule has 3 aromatic heterocycles. The molecule has 4 aromatic rings. The van der Waals surface area contributed by atoms with E-state index in [4.69, 9.17) is 0 Å². The molecule has 0 saturated heterocycles. The van der Waals surface area contributed by atoms with Crippen molar-refractivity contribution in [2.24, 2.45) is 0 Å². The highest BCUT2D eigenvalue weighted by molar-refractivity contribution is 7.22. The number of rotatable bonds is 4. The molecule has 0 N–H and O–H groups in total. The normalized spacial score (nSPS) is 13.0. The van der Waals surface area contributed by atoms with Crippen LogP contribution in [0, 0.1) is 0 Å². The fourth-order valence-electron chi connectivity index (χ4n) is 3.31. The summed E-state index contributed by atoms with van der Waals surface area (Å²) >= 11 is 1.50. The van der Waals surface area contributed by atoms with Gasteiger partial charge in [-0.1, -0.05) is 29.5 Å². The van der Waals surface area contributed by atoms with Gasteiger partial charge < -0.3 is 4.57 Å². The topological polar surface area (TPSA) is 76.8 Å². The molecule has 0 radical (unpaired) electrons. The standard InChI is InChI=1S/C19H16N6OS/c26-18(17-23-22-16-8-4-10-24(16)17)25(12-13-5-3-9-20-11-13)19-21-14-6-1-2-7-15(14)27-19/h1-3,5-7,9,11H,4,8,10,12H2. The number of anilines is 1. The zero-order chi connectivity index (χ0) is 18.2. The minimum absolute atomic E-state index is 0.182. The van der Waals surface area contributed by atoms with Crippen LogP contribution in [-0.2, 0) is 19.5 Å². The van der Waals surface area contributed by atoms with Crippen LogP contribution in [0.1, 0.15) is 28.4 Å². The third-order valence-corrected chi connectivity index (χ3v) is 5.68. The van der Waals surface area contributed by atoms with Crippen LogP contribution in [0.25, 0.3) is 10.2 Å². The molecule has 1 aliphatic rings. The molecular weight excluding hydrogens is 360 g/mol. The molecule has 0 unspecified atom stereocenters. The van der Waals surface area contributed by atoms with Crippen LogP contribution in [0.4, 0.5) is 5.13 Å². The van der Waals surface area contributed by atoms with Gasteiger partial charge in [-0.25, -0.2) is 4.98 Å². The highest BCUT2D eigenvalue weighted by Crippen LogP contribution is 2.30. The van der Waals surface area contributed by atoms with E-state index in [2.05, 4.69) is 20.2 Å². The molecule has 1 aromatic carbocycles. The van der Waals surface area contributed by atoms with E-state index >= 15 is 0 Å². The summed E-state index contributed by atoms with van der Waals surface area (Å²) < 4.78 is 2.97. The SMILES string of the molecule is O=C(c1nnc2n1CCC2)N(Cc1cccnc1)c1nc2ccccc2s1. The first-order valence-electron chi connectivity index (χ1n) is 8.78. The van der Waals surface area contributed by atoms with Gasteiger partial charge in [0, 0.05) is 25.4 Å². The number of carbonyl (C=O) groups is 1. The first kappa shape index (κ1) is 16.1. The number of thiazole rings is 1. The zero-order valence-corrected chi connectivity index (χ0v) is 15.3. The number of fused-ring (bicyclic) bond motifs is 2. The molecule has 0 bridgehead atoms. The van der Waals surface area contributed by atoms with E-state index in [1.807, 2.05) is 41.0 Å². The number of para-hydroxylation sites is 1. The largest absolute Gasteiger partial charge is 0.307 e. The molecule has 7 nitrogen and oxygen atoms in total. The minimum Gasteiger partial charge on any atom is -0.307 e. The number of aromatic nitrogens is 5. The van der Waals surface area contributed by atoms with Crippen LogP contribution >= 0.6 is 11.3 Å². The zero-order valence-electron chi connectivity index (χ0n) is 14.4. The number of hydrogen-bond donors (Lipinski definition) is 0. The van der Waals surface area contributed by atoms with Crippen LogP contribution in [0.5, 0.6) is 0 Å². The van der Waals surface area contributed by atoms with Gasteiger partial charge in [-0.2, -0.15) is 0 Å². The predicted molar refractivity (Wildman–Crippen MR) is 103 cm³/mol. The van der Waals surface area contributed by atoms with Crippen LogP contribution in [0.2, 0.25) is 0 Å². The quantitative estimate of drug-likeness (QED) is 0.547. The molecule has 1 amide bonds. The van der Waals surface area contributed by atoms with Gasteiger partial charge in [0.15, 0.2) is 5.13 Å². The maximum atomic E-state index is 13.4. The van der Waals surface area contributed by atoms with Gasteiger partial charge in [0.2, 0.25) is 5.82 Å². The number of aryl methyl sites for hydroxylation is 1. The Morgan fingerprint density at radius 2 is 2.11 bits per heavy atom. The smallest absolute Gasteiger partial charge is 0.298 e. The molecule has 8 heteroatoms. The first-order chi connectivity index (χ1) is 13.3. The minimum atomic E-state index is -0.182. The van der Waals surface area contributed by atoms with Crippen molar-refractivity contribution < 1.29 is 4.79 Å². The van der Waals surface area contributed by atoms with Gasteiger partial charge in [0.05, 0.1) is 16.8 Å². The van der Waals surface area contributed by atoms with Crippen molar-refractivity contribution in [1.29, 1.82) is 0 Å². The lowest BCUT2D eigenvalue weighted by atomic mass is 10.2. The summed E-state index contributed by atoms with van der Waals surface area (Å²) in [7, 11) is 0. The van der Waals surface area contributed by atoms with Crippen molar-refractivity contribution in [3.05, 3.63) is 66.0 Å². The fourth-order valence-corrected chi connectivity index (χ4v) is 4.27. The molecule has 27 heavy (non-hydrogen) atoms. The maximum absolute atomic E-state index is 13.4. The van der Waals surface area contributed by atoms with Crippen molar-refractivity contribution in [3.63, 3.8) is 0 Å². The summed E-state index contributed by atoms with van der Waals surface area (Å²) in [6.07, 6.45) is 5.35. The molecule has 4 heterocycles. The molecule has 0 aliphatic carbocycles. The lowest BCUT2D eigenvalue weighted by Crippen LogP contribution is -2.32. The Balaban J connectivity index is 1.57. The summed E-state index contributed by atoms with van der Waals surface area (Å²) in [4.78, 5) is 23.9. The van der Waals surface area contributed by atoms with Crippen molar-refractivity contribution in [2.75, 3.05) is 4.90 Å². The van der Waals surface area contributed by atoms with E-state index in [1.54, 1.807) is 17.3 Å².